The molecule has 0 aliphatic carbocycles. The molecule has 4 nitrogen and oxygen atoms in total. The first kappa shape index (κ1) is 12.9. The van der Waals surface area contributed by atoms with Crippen molar-refractivity contribution in [2.75, 3.05) is 32.8 Å². The SMILES string of the molecule is CCN(CCN)CCOc1cccnc1F. The van der Waals surface area contributed by atoms with Gasteiger partial charge in [-0.2, -0.15) is 4.39 Å². The van der Waals surface area contributed by atoms with Crippen LogP contribution in [0.3, 0.4) is 0 Å². The van der Waals surface area contributed by atoms with Crippen LogP contribution in [0, 0.1) is 5.95 Å². The van der Waals surface area contributed by atoms with E-state index in [0.717, 1.165) is 19.6 Å². The van der Waals surface area contributed by atoms with Gasteiger partial charge in [-0.3, -0.25) is 4.90 Å². The molecule has 1 aromatic rings. The largest absolute Gasteiger partial charge is 0.487 e. The molecule has 0 unspecified atom stereocenters. The van der Waals surface area contributed by atoms with Gasteiger partial charge >= 0.3 is 0 Å². The van der Waals surface area contributed by atoms with Gasteiger partial charge < -0.3 is 10.5 Å². The Bertz CT molecular complexity index is 309. The van der Waals surface area contributed by atoms with Crippen LogP contribution in [0.5, 0.6) is 5.75 Å². The van der Waals surface area contributed by atoms with Crippen LogP contribution in [0.2, 0.25) is 0 Å². The van der Waals surface area contributed by atoms with E-state index in [1.165, 1.54) is 6.20 Å². The highest BCUT2D eigenvalue weighted by Gasteiger charge is 2.04. The Morgan fingerprint density at radius 1 is 1.50 bits per heavy atom. The van der Waals surface area contributed by atoms with E-state index in [0.29, 0.717) is 13.2 Å². The third-order valence-corrected chi connectivity index (χ3v) is 2.28. The topological polar surface area (TPSA) is 51.4 Å². The number of ether oxygens (including phenoxy) is 1. The Hall–Kier alpha value is -1.20. The highest BCUT2D eigenvalue weighted by atomic mass is 19.1. The molecular formula is C11H18FN3O. The smallest absolute Gasteiger partial charge is 0.255 e. The van der Waals surface area contributed by atoms with Crippen LogP contribution in [0.4, 0.5) is 4.39 Å². The van der Waals surface area contributed by atoms with Crippen molar-refractivity contribution in [2.45, 2.75) is 6.92 Å². The molecule has 0 aliphatic rings. The Morgan fingerprint density at radius 2 is 2.31 bits per heavy atom. The first-order valence-electron chi connectivity index (χ1n) is 5.43. The molecule has 0 radical (unpaired) electrons. The molecule has 0 atom stereocenters. The van der Waals surface area contributed by atoms with Gasteiger partial charge in [0.2, 0.25) is 0 Å². The third kappa shape index (κ3) is 4.12. The van der Waals surface area contributed by atoms with Crippen molar-refractivity contribution in [3.8, 4) is 5.75 Å². The van der Waals surface area contributed by atoms with E-state index in [1.54, 1.807) is 12.1 Å². The molecule has 0 saturated heterocycles. The number of nitrogens with zero attached hydrogens (tertiary/aromatic N) is 2. The van der Waals surface area contributed by atoms with E-state index in [-0.39, 0.29) is 5.75 Å². The van der Waals surface area contributed by atoms with E-state index < -0.39 is 5.95 Å². The van der Waals surface area contributed by atoms with E-state index in [4.69, 9.17) is 10.5 Å². The van der Waals surface area contributed by atoms with Crippen LogP contribution in [0.1, 0.15) is 6.92 Å². The molecule has 0 bridgehead atoms. The highest BCUT2D eigenvalue weighted by Crippen LogP contribution is 2.12. The Kier molecular flexibility index (Phi) is 5.74. The first-order chi connectivity index (χ1) is 7.77. The summed E-state index contributed by atoms with van der Waals surface area (Å²) in [6, 6.07) is 3.22. The molecule has 0 spiro atoms. The van der Waals surface area contributed by atoms with Crippen LogP contribution in [-0.4, -0.2) is 42.7 Å². The van der Waals surface area contributed by atoms with Gasteiger partial charge in [-0.15, -0.1) is 0 Å². The summed E-state index contributed by atoms with van der Waals surface area (Å²) < 4.78 is 18.4. The first-order valence-corrected chi connectivity index (χ1v) is 5.43. The Labute approximate surface area is 95.2 Å². The van der Waals surface area contributed by atoms with Gasteiger partial charge in [-0.1, -0.05) is 6.92 Å². The van der Waals surface area contributed by atoms with E-state index in [1.807, 2.05) is 0 Å². The third-order valence-electron chi connectivity index (χ3n) is 2.28. The monoisotopic (exact) mass is 227 g/mol. The second kappa shape index (κ2) is 7.14. The van der Waals surface area contributed by atoms with Crippen molar-refractivity contribution >= 4 is 0 Å². The van der Waals surface area contributed by atoms with Crippen LogP contribution in [0.15, 0.2) is 18.3 Å². The standard InChI is InChI=1S/C11H18FN3O/c1-2-15(7-5-13)8-9-16-10-4-3-6-14-11(10)12/h3-4,6H,2,5,7-9,13H2,1H3. The lowest BCUT2D eigenvalue weighted by atomic mass is 10.4. The number of nitrogens with two attached hydrogens (primary N) is 1. The fourth-order valence-electron chi connectivity index (χ4n) is 1.37. The predicted molar refractivity (Wildman–Crippen MR) is 60.9 cm³/mol. The summed E-state index contributed by atoms with van der Waals surface area (Å²) in [5, 5.41) is 0. The number of aromatic nitrogens is 1. The van der Waals surface area contributed by atoms with Crippen LogP contribution < -0.4 is 10.5 Å². The molecule has 0 saturated carbocycles. The van der Waals surface area contributed by atoms with Crippen LogP contribution >= 0.6 is 0 Å². The number of likely N-dealkylation sites (N-methyl/N-ethyl adjacent to an activating group) is 1. The number of hydrogen-bond acceptors (Lipinski definition) is 4. The zero-order valence-electron chi connectivity index (χ0n) is 9.53. The fraction of sp³-hybridized carbons (Fsp3) is 0.545. The van der Waals surface area contributed by atoms with Gasteiger partial charge in [0, 0.05) is 25.8 Å². The highest BCUT2D eigenvalue weighted by molar-refractivity contribution is 5.17. The van der Waals surface area contributed by atoms with Gasteiger partial charge in [0.15, 0.2) is 5.75 Å². The van der Waals surface area contributed by atoms with E-state index in [9.17, 15) is 4.39 Å². The minimum absolute atomic E-state index is 0.200. The minimum atomic E-state index is -0.565. The summed E-state index contributed by atoms with van der Waals surface area (Å²) in [5.74, 6) is -0.365. The fourth-order valence-corrected chi connectivity index (χ4v) is 1.37. The molecule has 16 heavy (non-hydrogen) atoms. The zero-order valence-corrected chi connectivity index (χ0v) is 9.53. The molecule has 0 fully saturated rings. The Balaban J connectivity index is 2.32. The molecule has 0 aromatic carbocycles. The van der Waals surface area contributed by atoms with Gasteiger partial charge in [0.05, 0.1) is 0 Å². The summed E-state index contributed by atoms with van der Waals surface area (Å²) >= 11 is 0. The van der Waals surface area contributed by atoms with Crippen molar-refractivity contribution in [1.29, 1.82) is 0 Å². The van der Waals surface area contributed by atoms with Crippen molar-refractivity contribution in [2.24, 2.45) is 5.73 Å². The van der Waals surface area contributed by atoms with Crippen molar-refractivity contribution in [3.63, 3.8) is 0 Å². The van der Waals surface area contributed by atoms with E-state index in [2.05, 4.69) is 16.8 Å². The van der Waals surface area contributed by atoms with Gasteiger partial charge in [-0.25, -0.2) is 4.98 Å². The molecule has 90 valence electrons. The molecule has 2 N–H and O–H groups in total. The van der Waals surface area contributed by atoms with Crippen molar-refractivity contribution in [3.05, 3.63) is 24.3 Å². The maximum atomic E-state index is 13.1. The number of halogens is 1. The van der Waals surface area contributed by atoms with Crippen molar-refractivity contribution < 1.29 is 9.13 Å². The normalized spacial score (nSPS) is 10.8. The summed E-state index contributed by atoms with van der Waals surface area (Å²) in [7, 11) is 0. The van der Waals surface area contributed by atoms with E-state index >= 15 is 0 Å². The summed E-state index contributed by atoms with van der Waals surface area (Å²) in [4.78, 5) is 5.66. The second-order valence-corrected chi connectivity index (χ2v) is 3.36. The summed E-state index contributed by atoms with van der Waals surface area (Å²) in [6.45, 7) is 5.60. The summed E-state index contributed by atoms with van der Waals surface area (Å²) in [6.07, 6.45) is 1.40. The molecule has 5 heteroatoms. The van der Waals surface area contributed by atoms with Crippen LogP contribution in [0.25, 0.3) is 0 Å². The van der Waals surface area contributed by atoms with Crippen molar-refractivity contribution in [1.82, 2.24) is 9.88 Å². The van der Waals surface area contributed by atoms with Gasteiger partial charge in [0.25, 0.3) is 5.95 Å². The minimum Gasteiger partial charge on any atom is -0.487 e. The average Bonchev–Trinajstić information content (AvgIpc) is 2.30. The molecular weight excluding hydrogens is 209 g/mol. The van der Waals surface area contributed by atoms with Crippen LogP contribution in [-0.2, 0) is 0 Å². The lowest BCUT2D eigenvalue weighted by Gasteiger charge is -2.19. The van der Waals surface area contributed by atoms with Gasteiger partial charge in [-0.05, 0) is 18.7 Å². The second-order valence-electron chi connectivity index (χ2n) is 3.36. The molecule has 0 aliphatic heterocycles. The zero-order chi connectivity index (χ0) is 11.8. The van der Waals surface area contributed by atoms with Gasteiger partial charge in [0.1, 0.15) is 6.61 Å². The number of pyridine rings is 1. The quantitative estimate of drug-likeness (QED) is 0.703. The predicted octanol–water partition coefficient (Wildman–Crippen LogP) is 0.880. The maximum Gasteiger partial charge on any atom is 0.255 e. The lowest BCUT2D eigenvalue weighted by molar-refractivity contribution is 0.213. The molecule has 1 aromatic heterocycles. The number of rotatable bonds is 7. The average molecular weight is 227 g/mol. The molecule has 0 amide bonds. The molecule has 1 heterocycles. The molecule has 1 rings (SSSR count). The number of hydrogen-bond donors (Lipinski definition) is 1. The lowest BCUT2D eigenvalue weighted by Crippen LogP contribution is -2.32. The maximum absolute atomic E-state index is 13.1. The Morgan fingerprint density at radius 3 is 2.94 bits per heavy atom. The summed E-state index contributed by atoms with van der Waals surface area (Å²) in [5.41, 5.74) is 5.46.